The van der Waals surface area contributed by atoms with Gasteiger partial charge in [0.25, 0.3) is 0 Å². The topological polar surface area (TPSA) is 50.4 Å². The summed E-state index contributed by atoms with van der Waals surface area (Å²) in [6, 6.07) is 1.77. The van der Waals surface area contributed by atoms with Crippen molar-refractivity contribution >= 4 is 5.78 Å². The minimum absolute atomic E-state index is 0.179. The van der Waals surface area contributed by atoms with E-state index in [1.54, 1.807) is 18.6 Å². The lowest BCUT2D eigenvalue weighted by molar-refractivity contribution is -0.133. The molecular weight excluding hydrogens is 228 g/mol. The highest BCUT2D eigenvalue weighted by Gasteiger charge is 2.50. The molecule has 1 aliphatic rings. The average molecular weight is 250 g/mol. The van der Waals surface area contributed by atoms with Gasteiger partial charge in [-0.25, -0.2) is 0 Å². The van der Waals surface area contributed by atoms with Crippen molar-refractivity contribution in [1.82, 2.24) is 0 Å². The third-order valence-corrected chi connectivity index (χ3v) is 4.04. The van der Waals surface area contributed by atoms with Gasteiger partial charge in [-0.15, -0.1) is 0 Å². The molecule has 0 spiro atoms. The van der Waals surface area contributed by atoms with E-state index in [-0.39, 0.29) is 17.6 Å². The number of carbonyl (C=O) groups is 1. The van der Waals surface area contributed by atoms with Gasteiger partial charge in [-0.1, -0.05) is 20.8 Å². The molecule has 3 unspecified atom stereocenters. The molecule has 3 atom stereocenters. The van der Waals surface area contributed by atoms with Crippen LogP contribution in [-0.4, -0.2) is 10.9 Å². The Bertz CT molecular complexity index is 407. The van der Waals surface area contributed by atoms with E-state index < -0.39 is 5.60 Å². The zero-order valence-corrected chi connectivity index (χ0v) is 11.3. The number of aliphatic hydroxyl groups is 1. The molecule has 1 aliphatic carbocycles. The Morgan fingerprint density at radius 2 is 2.33 bits per heavy atom. The van der Waals surface area contributed by atoms with Gasteiger partial charge in [0.2, 0.25) is 0 Å². The Kier molecular flexibility index (Phi) is 3.62. The van der Waals surface area contributed by atoms with E-state index in [1.807, 2.05) is 13.8 Å². The van der Waals surface area contributed by atoms with Crippen LogP contribution in [0.4, 0.5) is 0 Å². The van der Waals surface area contributed by atoms with Crippen molar-refractivity contribution in [3.05, 3.63) is 24.2 Å². The third kappa shape index (κ3) is 2.24. The van der Waals surface area contributed by atoms with Gasteiger partial charge in [0.15, 0.2) is 0 Å². The molecule has 1 N–H and O–H groups in total. The summed E-state index contributed by atoms with van der Waals surface area (Å²) in [5.74, 6) is 0.450. The number of furan rings is 1. The third-order valence-electron chi connectivity index (χ3n) is 4.04. The van der Waals surface area contributed by atoms with E-state index in [2.05, 4.69) is 6.92 Å². The van der Waals surface area contributed by atoms with Crippen molar-refractivity contribution in [2.45, 2.75) is 45.6 Å². The summed E-state index contributed by atoms with van der Waals surface area (Å²) in [6.07, 6.45) is 5.18. The van der Waals surface area contributed by atoms with Crippen molar-refractivity contribution < 1.29 is 14.3 Å². The molecule has 0 aromatic carbocycles. The van der Waals surface area contributed by atoms with Crippen LogP contribution in [0.1, 0.15) is 45.6 Å². The molecule has 1 aromatic rings. The van der Waals surface area contributed by atoms with Gasteiger partial charge in [-0.2, -0.15) is 0 Å². The first-order valence-corrected chi connectivity index (χ1v) is 6.73. The first kappa shape index (κ1) is 13.3. The van der Waals surface area contributed by atoms with Gasteiger partial charge < -0.3 is 9.52 Å². The summed E-state index contributed by atoms with van der Waals surface area (Å²) < 4.78 is 5.07. The first-order chi connectivity index (χ1) is 8.45. The van der Waals surface area contributed by atoms with Crippen molar-refractivity contribution in [3.63, 3.8) is 0 Å². The molecule has 1 fully saturated rings. The highest BCUT2D eigenvalue weighted by Crippen LogP contribution is 2.48. The largest absolute Gasteiger partial charge is 0.472 e. The van der Waals surface area contributed by atoms with E-state index in [0.29, 0.717) is 18.8 Å². The normalized spacial score (nSPS) is 32.1. The zero-order chi connectivity index (χ0) is 13.3. The van der Waals surface area contributed by atoms with Crippen molar-refractivity contribution in [3.8, 4) is 0 Å². The Morgan fingerprint density at radius 3 is 2.89 bits per heavy atom. The minimum atomic E-state index is -1.03. The lowest BCUT2D eigenvalue weighted by Gasteiger charge is -2.30. The van der Waals surface area contributed by atoms with Crippen LogP contribution in [-0.2, 0) is 10.4 Å². The Hall–Kier alpha value is -1.09. The molecule has 0 saturated heterocycles. The number of hydrogen-bond donors (Lipinski definition) is 1. The summed E-state index contributed by atoms with van der Waals surface area (Å²) in [5.41, 5.74) is -0.285. The summed E-state index contributed by atoms with van der Waals surface area (Å²) in [6.45, 7) is 6.13. The monoisotopic (exact) mass is 250 g/mol. The second-order valence-electron chi connectivity index (χ2n) is 5.99. The highest BCUT2D eigenvalue weighted by atomic mass is 16.3. The van der Waals surface area contributed by atoms with Crippen molar-refractivity contribution in [2.24, 2.45) is 17.8 Å². The molecule has 1 saturated carbocycles. The smallest absolute Gasteiger partial charge is 0.139 e. The van der Waals surface area contributed by atoms with E-state index >= 15 is 0 Å². The molecular formula is C15H22O3. The van der Waals surface area contributed by atoms with Crippen LogP contribution in [0.3, 0.4) is 0 Å². The van der Waals surface area contributed by atoms with Crippen molar-refractivity contribution in [1.29, 1.82) is 0 Å². The molecule has 18 heavy (non-hydrogen) atoms. The van der Waals surface area contributed by atoms with Crippen LogP contribution in [0.2, 0.25) is 0 Å². The average Bonchev–Trinajstić information content (AvgIpc) is 2.86. The van der Waals surface area contributed by atoms with E-state index in [0.717, 1.165) is 12.0 Å². The van der Waals surface area contributed by atoms with Crippen LogP contribution >= 0.6 is 0 Å². The van der Waals surface area contributed by atoms with Gasteiger partial charge in [0.05, 0.1) is 18.4 Å². The number of hydrogen-bond acceptors (Lipinski definition) is 3. The lowest BCUT2D eigenvalue weighted by atomic mass is 9.77. The zero-order valence-electron chi connectivity index (χ0n) is 11.3. The fourth-order valence-electron chi connectivity index (χ4n) is 3.19. The summed E-state index contributed by atoms with van der Waals surface area (Å²) >= 11 is 0. The fraction of sp³-hybridized carbons (Fsp3) is 0.667. The van der Waals surface area contributed by atoms with Crippen LogP contribution in [0.5, 0.6) is 0 Å². The Balaban J connectivity index is 2.27. The Morgan fingerprint density at radius 1 is 1.61 bits per heavy atom. The number of Topliss-reactive ketones (excluding diaryl/α,β-unsaturated/α-hetero) is 1. The first-order valence-electron chi connectivity index (χ1n) is 6.73. The van der Waals surface area contributed by atoms with E-state index in [4.69, 9.17) is 4.42 Å². The van der Waals surface area contributed by atoms with Crippen LogP contribution in [0.25, 0.3) is 0 Å². The summed E-state index contributed by atoms with van der Waals surface area (Å²) in [4.78, 5) is 12.4. The number of rotatable bonds is 4. The van der Waals surface area contributed by atoms with Gasteiger partial charge in [0.1, 0.15) is 11.4 Å². The molecule has 0 amide bonds. The second-order valence-corrected chi connectivity index (χ2v) is 5.99. The Labute approximate surface area is 108 Å². The van der Waals surface area contributed by atoms with E-state index in [9.17, 15) is 9.90 Å². The van der Waals surface area contributed by atoms with Crippen LogP contribution in [0, 0.1) is 17.8 Å². The molecule has 0 aliphatic heterocycles. The van der Waals surface area contributed by atoms with Gasteiger partial charge in [-0.05, 0) is 30.7 Å². The summed E-state index contributed by atoms with van der Waals surface area (Å²) in [5, 5.41) is 10.9. The molecule has 0 bridgehead atoms. The highest BCUT2D eigenvalue weighted by molar-refractivity contribution is 5.83. The molecule has 100 valence electrons. The number of carbonyl (C=O) groups excluding carboxylic acids is 1. The predicted molar refractivity (Wildman–Crippen MR) is 69.0 cm³/mol. The molecule has 3 heteroatoms. The molecule has 1 aromatic heterocycles. The SMILES string of the molecule is CC(C)CC(=O)C1C(C)CCC1(O)c1ccoc1. The standard InChI is InChI=1S/C15H22O3/c1-10(2)8-13(16)14-11(3)4-6-15(14,17)12-5-7-18-9-12/h5,7,9-11,14,17H,4,6,8H2,1-3H3. The maximum Gasteiger partial charge on any atom is 0.139 e. The van der Waals surface area contributed by atoms with Gasteiger partial charge >= 0.3 is 0 Å². The summed E-state index contributed by atoms with van der Waals surface area (Å²) in [7, 11) is 0. The maximum absolute atomic E-state index is 12.4. The van der Waals surface area contributed by atoms with E-state index in [1.165, 1.54) is 0 Å². The molecule has 3 nitrogen and oxygen atoms in total. The molecule has 2 rings (SSSR count). The maximum atomic E-state index is 12.4. The minimum Gasteiger partial charge on any atom is -0.472 e. The van der Waals surface area contributed by atoms with Gasteiger partial charge in [-0.3, -0.25) is 4.79 Å². The predicted octanol–water partition coefficient (Wildman–Crippen LogP) is 3.13. The second kappa shape index (κ2) is 4.88. The van der Waals surface area contributed by atoms with Crippen LogP contribution in [0.15, 0.2) is 23.0 Å². The quantitative estimate of drug-likeness (QED) is 0.893. The van der Waals surface area contributed by atoms with Crippen LogP contribution < -0.4 is 0 Å². The molecule has 0 radical (unpaired) electrons. The van der Waals surface area contributed by atoms with Crippen molar-refractivity contribution in [2.75, 3.05) is 0 Å². The number of ketones is 1. The lowest BCUT2D eigenvalue weighted by Crippen LogP contribution is -2.38. The molecule has 1 heterocycles. The fourth-order valence-corrected chi connectivity index (χ4v) is 3.19. The van der Waals surface area contributed by atoms with Gasteiger partial charge in [0, 0.05) is 12.0 Å².